The molecule has 0 aromatic heterocycles. The summed E-state index contributed by atoms with van der Waals surface area (Å²) in [6, 6.07) is 19.6. The van der Waals surface area contributed by atoms with Crippen LogP contribution in [0, 0.1) is 12.7 Å². The number of thioether (sulfide) groups is 1. The number of hydrogen-bond donors (Lipinski definition) is 2. The van der Waals surface area contributed by atoms with Crippen molar-refractivity contribution in [3.05, 3.63) is 84.3 Å². The maximum atomic E-state index is 10.6. The van der Waals surface area contributed by atoms with E-state index in [0.29, 0.717) is 6.61 Å². The Morgan fingerprint density at radius 1 is 1.07 bits per heavy atom. The standard InChI is InChI=1S/C22H24O5S.Au/c23-14-19-22(27-15-17-8-3-1-4-9-17)21(24)20(16-26-19)25-12-7-13-28-18-10-5-2-6-11-18;/h1-6,8-11,13,16,19-24H,12,14-15H2;/q;+1/t19?,20-,21-,22?;/m1./s1. The quantitative estimate of drug-likeness (QED) is 0.264. The number of aliphatic hydroxyl groups excluding tert-OH is 2. The van der Waals surface area contributed by atoms with Crippen molar-refractivity contribution in [3.8, 4) is 0 Å². The molecule has 0 saturated carbocycles. The first-order chi connectivity index (χ1) is 13.8. The minimum Gasteiger partial charge on any atom is -0.463 e. The number of aliphatic hydroxyl groups is 2. The molecule has 5 nitrogen and oxygen atoms in total. The summed E-state index contributed by atoms with van der Waals surface area (Å²) in [5.41, 5.74) is 0.979. The van der Waals surface area contributed by atoms with Gasteiger partial charge in [0, 0.05) is 4.90 Å². The predicted octanol–water partition coefficient (Wildman–Crippen LogP) is 2.98. The zero-order valence-corrected chi connectivity index (χ0v) is 18.7. The van der Waals surface area contributed by atoms with E-state index in [1.807, 2.05) is 66.1 Å². The van der Waals surface area contributed by atoms with Crippen molar-refractivity contribution in [3.63, 3.8) is 0 Å². The zero-order chi connectivity index (χ0) is 19.6. The average Bonchev–Trinajstić information content (AvgIpc) is 2.75. The maximum Gasteiger partial charge on any atom is 1.00 e. The van der Waals surface area contributed by atoms with Crippen molar-refractivity contribution >= 4 is 11.8 Å². The second-order valence-corrected chi connectivity index (χ2v) is 7.22. The average molecular weight is 597 g/mol. The summed E-state index contributed by atoms with van der Waals surface area (Å²) in [6.45, 7) is 1.69. The van der Waals surface area contributed by atoms with Crippen LogP contribution in [0.4, 0.5) is 0 Å². The monoisotopic (exact) mass is 597 g/mol. The molecule has 0 bridgehead atoms. The van der Waals surface area contributed by atoms with Gasteiger partial charge in [0.25, 0.3) is 12.7 Å². The Morgan fingerprint density at radius 3 is 2.45 bits per heavy atom. The van der Waals surface area contributed by atoms with E-state index in [1.54, 1.807) is 11.8 Å². The molecule has 3 rings (SSSR count). The van der Waals surface area contributed by atoms with Gasteiger partial charge in [-0.1, -0.05) is 55.1 Å². The smallest absolute Gasteiger partial charge is 0.463 e. The van der Waals surface area contributed by atoms with E-state index in [2.05, 4.69) is 6.08 Å². The predicted molar refractivity (Wildman–Crippen MR) is 107 cm³/mol. The molecule has 0 aliphatic carbocycles. The normalized spacial score (nSPS) is 24.1. The molecule has 1 aliphatic rings. The van der Waals surface area contributed by atoms with Crippen LogP contribution in [0.15, 0.2) is 71.0 Å². The van der Waals surface area contributed by atoms with E-state index >= 15 is 0 Å². The molecule has 0 amide bonds. The number of benzene rings is 2. The molecule has 1 heterocycles. The molecule has 29 heavy (non-hydrogen) atoms. The molecule has 1 saturated heterocycles. The van der Waals surface area contributed by atoms with Gasteiger partial charge in [0.05, 0.1) is 13.2 Å². The molecule has 2 aromatic carbocycles. The van der Waals surface area contributed by atoms with Gasteiger partial charge in [-0.2, -0.15) is 4.74 Å². The Kier molecular flexibility index (Phi) is 11.1. The number of rotatable bonds is 9. The van der Waals surface area contributed by atoms with Crippen molar-refractivity contribution < 1.29 is 46.8 Å². The van der Waals surface area contributed by atoms with Crippen LogP contribution in [0.25, 0.3) is 0 Å². The fourth-order valence-corrected chi connectivity index (χ4v) is 3.39. The second-order valence-electron chi connectivity index (χ2n) is 6.27. The molecular weight excluding hydrogens is 573 g/mol. The van der Waals surface area contributed by atoms with Crippen LogP contribution in [0.3, 0.4) is 0 Å². The topological polar surface area (TPSA) is 68.2 Å². The molecule has 2 unspecified atom stereocenters. The van der Waals surface area contributed by atoms with Gasteiger partial charge in [0.1, 0.15) is 6.10 Å². The molecule has 1 fully saturated rings. The first-order valence-electron chi connectivity index (χ1n) is 9.09. The van der Waals surface area contributed by atoms with E-state index in [1.165, 1.54) is 6.61 Å². The summed E-state index contributed by atoms with van der Waals surface area (Å²) in [6.07, 6.45) is 0.107. The van der Waals surface area contributed by atoms with Crippen LogP contribution >= 0.6 is 11.8 Å². The van der Waals surface area contributed by atoms with Gasteiger partial charge >= 0.3 is 22.4 Å². The molecular formula is C22H24AuO5S+. The molecule has 2 N–H and O–H groups in total. The minimum atomic E-state index is -0.946. The van der Waals surface area contributed by atoms with E-state index < -0.39 is 24.4 Å². The Balaban J connectivity index is 0.00000300. The molecule has 2 aromatic rings. The SMILES string of the molecule is OCC1O[CH+][C@@H](OC[C-]=CSc2ccccc2)[C@@H](O)C1OCc1ccccc1.[Au+]. The van der Waals surface area contributed by atoms with Crippen LogP contribution in [0.5, 0.6) is 0 Å². The third kappa shape index (κ3) is 7.61. The van der Waals surface area contributed by atoms with Crippen LogP contribution in [-0.4, -0.2) is 47.8 Å². The third-order valence-electron chi connectivity index (χ3n) is 4.27. The largest absolute Gasteiger partial charge is 1.00 e. The summed E-state index contributed by atoms with van der Waals surface area (Å²) < 4.78 is 17.0. The van der Waals surface area contributed by atoms with Crippen molar-refractivity contribution in [2.45, 2.75) is 35.9 Å². The molecule has 0 radical (unpaired) electrons. The van der Waals surface area contributed by atoms with E-state index in [4.69, 9.17) is 14.2 Å². The summed E-state index contributed by atoms with van der Waals surface area (Å²) in [5.74, 6) is 0. The van der Waals surface area contributed by atoms with Crippen molar-refractivity contribution in [2.24, 2.45) is 0 Å². The van der Waals surface area contributed by atoms with Crippen LogP contribution in [0.1, 0.15) is 5.56 Å². The summed E-state index contributed by atoms with van der Waals surface area (Å²) in [7, 11) is 0. The Labute approximate surface area is 191 Å². The van der Waals surface area contributed by atoms with Crippen molar-refractivity contribution in [1.82, 2.24) is 0 Å². The van der Waals surface area contributed by atoms with E-state index in [0.717, 1.165) is 10.5 Å². The van der Waals surface area contributed by atoms with Gasteiger partial charge in [-0.3, -0.25) is 0 Å². The molecule has 158 valence electrons. The summed E-state index contributed by atoms with van der Waals surface area (Å²) in [5, 5.41) is 22.0. The summed E-state index contributed by atoms with van der Waals surface area (Å²) >= 11 is 1.54. The minimum absolute atomic E-state index is 0. The number of hydrogen-bond acceptors (Lipinski definition) is 6. The zero-order valence-electron chi connectivity index (χ0n) is 15.7. The Morgan fingerprint density at radius 2 is 1.76 bits per heavy atom. The van der Waals surface area contributed by atoms with Gasteiger partial charge in [-0.15, -0.1) is 11.8 Å². The fourth-order valence-electron chi connectivity index (χ4n) is 2.79. The van der Waals surface area contributed by atoms with E-state index in [-0.39, 0.29) is 35.6 Å². The molecule has 4 atom stereocenters. The molecule has 0 spiro atoms. The van der Waals surface area contributed by atoms with Gasteiger partial charge in [0.15, 0.2) is 12.2 Å². The molecule has 1 aliphatic heterocycles. The number of ether oxygens (including phenoxy) is 3. The van der Waals surface area contributed by atoms with Gasteiger partial charge in [0.2, 0.25) is 0 Å². The van der Waals surface area contributed by atoms with Crippen LogP contribution < -0.4 is 0 Å². The first kappa shape index (κ1) is 24.2. The Bertz CT molecular complexity index is 716. The van der Waals surface area contributed by atoms with E-state index in [9.17, 15) is 10.2 Å². The van der Waals surface area contributed by atoms with Crippen LogP contribution in [0.2, 0.25) is 0 Å². The van der Waals surface area contributed by atoms with Gasteiger partial charge in [-0.25, -0.2) is 5.41 Å². The van der Waals surface area contributed by atoms with Crippen LogP contribution in [-0.2, 0) is 43.2 Å². The van der Waals surface area contributed by atoms with Crippen molar-refractivity contribution in [1.29, 1.82) is 0 Å². The first-order valence-corrected chi connectivity index (χ1v) is 9.97. The van der Waals surface area contributed by atoms with Gasteiger partial charge in [-0.05, 0) is 17.7 Å². The molecule has 7 heteroatoms. The second kappa shape index (κ2) is 13.3. The Hall–Kier alpha value is -1.06. The maximum absolute atomic E-state index is 10.6. The third-order valence-corrected chi connectivity index (χ3v) is 5.10. The van der Waals surface area contributed by atoms with Crippen molar-refractivity contribution in [2.75, 3.05) is 13.2 Å². The van der Waals surface area contributed by atoms with Gasteiger partial charge < -0.3 is 25.8 Å². The fraction of sp³-hybridized carbons (Fsp3) is 0.318. The summed E-state index contributed by atoms with van der Waals surface area (Å²) in [4.78, 5) is 1.11.